The second kappa shape index (κ2) is 6.25. The molecule has 118 valence electrons. The topological polar surface area (TPSA) is 65.7 Å². The van der Waals surface area contributed by atoms with E-state index in [4.69, 9.17) is 10.2 Å². The summed E-state index contributed by atoms with van der Waals surface area (Å²) in [6.45, 7) is 1.90. The molecule has 0 radical (unpaired) electrons. The first-order chi connectivity index (χ1) is 11.3. The third kappa shape index (κ3) is 2.93. The van der Waals surface area contributed by atoms with Gasteiger partial charge in [-0.3, -0.25) is 0 Å². The molecule has 6 heteroatoms. The van der Waals surface area contributed by atoms with E-state index in [0.29, 0.717) is 11.5 Å². The van der Waals surface area contributed by atoms with Crippen LogP contribution in [0.15, 0.2) is 12.3 Å². The molecule has 0 unspecified atom stereocenters. The highest BCUT2D eigenvalue weighted by Gasteiger charge is 2.27. The van der Waals surface area contributed by atoms with E-state index in [0.717, 1.165) is 31.7 Å². The monoisotopic (exact) mass is 325 g/mol. The van der Waals surface area contributed by atoms with Crippen LogP contribution in [0.25, 0.3) is 0 Å². The number of anilines is 1. The van der Waals surface area contributed by atoms with Gasteiger partial charge in [0.2, 0.25) is 0 Å². The molecule has 2 aromatic heterocycles. The summed E-state index contributed by atoms with van der Waals surface area (Å²) < 4.78 is 0. The van der Waals surface area contributed by atoms with Gasteiger partial charge in [-0.05, 0) is 38.5 Å². The molecule has 1 saturated heterocycles. The molecular weight excluding hydrogens is 306 g/mol. The van der Waals surface area contributed by atoms with Gasteiger partial charge in [0, 0.05) is 30.0 Å². The predicted octanol–water partition coefficient (Wildman–Crippen LogP) is 3.07. The molecule has 0 saturated carbocycles. The van der Waals surface area contributed by atoms with Crippen molar-refractivity contribution in [3.05, 3.63) is 33.4 Å². The lowest BCUT2D eigenvalue weighted by Gasteiger charge is -2.32. The predicted molar refractivity (Wildman–Crippen MR) is 89.7 cm³/mol. The van der Waals surface area contributed by atoms with Crippen molar-refractivity contribution in [1.29, 1.82) is 5.26 Å². The van der Waals surface area contributed by atoms with Crippen LogP contribution in [-0.2, 0) is 12.8 Å². The smallest absolute Gasteiger partial charge is 0.152 e. The van der Waals surface area contributed by atoms with Crippen molar-refractivity contribution in [2.24, 2.45) is 0 Å². The molecule has 0 amide bonds. The zero-order valence-electron chi connectivity index (χ0n) is 13.0. The molecule has 3 heterocycles. The quantitative estimate of drug-likeness (QED) is 0.849. The molecule has 2 aliphatic rings. The zero-order valence-corrected chi connectivity index (χ0v) is 13.8. The summed E-state index contributed by atoms with van der Waals surface area (Å²) in [5, 5.41) is 18.5. The van der Waals surface area contributed by atoms with Crippen LogP contribution in [0.1, 0.15) is 52.7 Å². The molecule has 23 heavy (non-hydrogen) atoms. The van der Waals surface area contributed by atoms with Gasteiger partial charge in [-0.1, -0.05) is 0 Å². The summed E-state index contributed by atoms with van der Waals surface area (Å²) in [6, 6.07) is 3.98. The fourth-order valence-electron chi connectivity index (χ4n) is 3.50. The van der Waals surface area contributed by atoms with Gasteiger partial charge >= 0.3 is 0 Å². The lowest BCUT2D eigenvalue weighted by Crippen LogP contribution is -2.35. The molecule has 0 N–H and O–H groups in total. The van der Waals surface area contributed by atoms with Crippen LogP contribution in [0.5, 0.6) is 0 Å². The van der Waals surface area contributed by atoms with Crippen molar-refractivity contribution in [2.45, 2.75) is 44.4 Å². The van der Waals surface area contributed by atoms with Crippen molar-refractivity contribution >= 4 is 17.2 Å². The fraction of sp³-hybridized carbons (Fsp3) is 0.529. The van der Waals surface area contributed by atoms with Gasteiger partial charge in [0.15, 0.2) is 5.82 Å². The summed E-state index contributed by atoms with van der Waals surface area (Å²) in [7, 11) is 0. The van der Waals surface area contributed by atoms with Gasteiger partial charge < -0.3 is 4.90 Å². The molecule has 0 aromatic carbocycles. The molecule has 1 aliphatic carbocycles. The lowest BCUT2D eigenvalue weighted by atomic mass is 9.98. The number of fused-ring (bicyclic) bond motifs is 1. The van der Waals surface area contributed by atoms with Crippen LogP contribution in [0.3, 0.4) is 0 Å². The number of nitriles is 1. The van der Waals surface area contributed by atoms with Crippen LogP contribution in [-0.4, -0.2) is 28.3 Å². The highest BCUT2D eigenvalue weighted by atomic mass is 32.1. The number of aryl methyl sites for hydroxylation is 2. The fourth-order valence-corrected chi connectivity index (χ4v) is 4.78. The van der Waals surface area contributed by atoms with E-state index in [1.54, 1.807) is 0 Å². The number of hydrogen-bond donors (Lipinski definition) is 0. The van der Waals surface area contributed by atoms with E-state index in [1.165, 1.54) is 47.5 Å². The van der Waals surface area contributed by atoms with Crippen LogP contribution < -0.4 is 4.90 Å². The number of piperidine rings is 1. The molecule has 0 bridgehead atoms. The Balaban J connectivity index is 1.55. The molecule has 5 nitrogen and oxygen atoms in total. The van der Waals surface area contributed by atoms with E-state index in [-0.39, 0.29) is 0 Å². The molecule has 2 aromatic rings. The highest BCUT2D eigenvalue weighted by Crippen LogP contribution is 2.35. The molecular formula is C17H19N5S. The van der Waals surface area contributed by atoms with E-state index in [9.17, 15) is 0 Å². The van der Waals surface area contributed by atoms with Crippen LogP contribution in [0, 0.1) is 11.3 Å². The van der Waals surface area contributed by atoms with Crippen LogP contribution in [0.4, 0.5) is 5.82 Å². The Kier molecular flexibility index (Phi) is 3.96. The van der Waals surface area contributed by atoms with E-state index in [1.807, 2.05) is 17.4 Å². The third-order valence-corrected chi connectivity index (χ3v) is 6.05. The average molecular weight is 325 g/mol. The number of aromatic nitrogens is 3. The second-order valence-corrected chi connectivity index (χ2v) is 7.44. The van der Waals surface area contributed by atoms with Crippen LogP contribution in [0.2, 0.25) is 0 Å². The maximum absolute atomic E-state index is 9.04. The van der Waals surface area contributed by atoms with Crippen molar-refractivity contribution < 1.29 is 0 Å². The van der Waals surface area contributed by atoms with Crippen LogP contribution >= 0.6 is 11.3 Å². The Morgan fingerprint density at radius 1 is 1.26 bits per heavy atom. The first kappa shape index (κ1) is 14.6. The van der Waals surface area contributed by atoms with Gasteiger partial charge in [0.05, 0.1) is 22.5 Å². The number of nitrogens with zero attached hydrogens (tertiary/aromatic N) is 5. The van der Waals surface area contributed by atoms with Crippen molar-refractivity contribution in [3.8, 4) is 6.07 Å². The average Bonchev–Trinajstić information content (AvgIpc) is 3.06. The largest absolute Gasteiger partial charge is 0.354 e. The van der Waals surface area contributed by atoms with E-state index < -0.39 is 0 Å². The lowest BCUT2D eigenvalue weighted by molar-refractivity contribution is 0.503. The Bertz CT molecular complexity index is 724. The highest BCUT2D eigenvalue weighted by molar-refractivity contribution is 7.11. The Hall–Kier alpha value is -2.00. The normalized spacial score (nSPS) is 20.8. The Labute approximate surface area is 140 Å². The summed E-state index contributed by atoms with van der Waals surface area (Å²) >= 11 is 1.92. The molecule has 4 rings (SSSR count). The van der Waals surface area contributed by atoms with Crippen molar-refractivity contribution in [3.63, 3.8) is 0 Å². The molecule has 0 spiro atoms. The van der Waals surface area contributed by atoms with Gasteiger partial charge in [-0.2, -0.15) is 10.4 Å². The Morgan fingerprint density at radius 2 is 2.17 bits per heavy atom. The number of hydrogen-bond acceptors (Lipinski definition) is 6. The maximum Gasteiger partial charge on any atom is 0.152 e. The second-order valence-electron chi connectivity index (χ2n) is 6.33. The first-order valence-corrected chi connectivity index (χ1v) is 9.11. The summed E-state index contributed by atoms with van der Waals surface area (Å²) in [5.41, 5.74) is 1.92. The maximum atomic E-state index is 9.04. The summed E-state index contributed by atoms with van der Waals surface area (Å²) in [6.07, 6.45) is 8.78. The van der Waals surface area contributed by atoms with Crippen molar-refractivity contribution in [1.82, 2.24) is 15.2 Å². The summed E-state index contributed by atoms with van der Waals surface area (Å²) in [5.74, 6) is 1.29. The minimum absolute atomic E-state index is 0.479. The van der Waals surface area contributed by atoms with Gasteiger partial charge in [0.1, 0.15) is 6.07 Å². The standard InChI is InChI=1S/C17H19N5S/c18-9-12-8-16(21-19-10-12)22-7-3-4-13(11-22)17-20-14-5-1-2-6-15(14)23-17/h8,10,13H,1-7,11H2/t13-/m1/s1. The number of rotatable bonds is 2. The van der Waals surface area contributed by atoms with Gasteiger partial charge in [-0.25, -0.2) is 4.98 Å². The van der Waals surface area contributed by atoms with E-state index in [2.05, 4.69) is 21.2 Å². The SMILES string of the molecule is N#Cc1cnnc(N2CCC[C@@H](c3nc4c(s3)CCCC4)C2)c1. The minimum atomic E-state index is 0.479. The number of thiazole rings is 1. The van der Waals surface area contributed by atoms with Gasteiger partial charge in [-0.15, -0.1) is 16.4 Å². The van der Waals surface area contributed by atoms with E-state index >= 15 is 0 Å². The Morgan fingerprint density at radius 3 is 3.04 bits per heavy atom. The minimum Gasteiger partial charge on any atom is -0.354 e. The van der Waals surface area contributed by atoms with Gasteiger partial charge in [0.25, 0.3) is 0 Å². The first-order valence-electron chi connectivity index (χ1n) is 8.30. The molecule has 1 atom stereocenters. The summed E-state index contributed by atoms with van der Waals surface area (Å²) in [4.78, 5) is 8.70. The molecule has 1 fully saturated rings. The molecule has 1 aliphatic heterocycles. The van der Waals surface area contributed by atoms with Crippen molar-refractivity contribution in [2.75, 3.05) is 18.0 Å². The third-order valence-electron chi connectivity index (χ3n) is 4.73. The zero-order chi connectivity index (χ0) is 15.6.